The number of aryl methyl sites for hydroxylation is 1. The van der Waals surface area contributed by atoms with E-state index in [9.17, 15) is 4.79 Å². The van der Waals surface area contributed by atoms with E-state index >= 15 is 0 Å². The van der Waals surface area contributed by atoms with Crippen LogP contribution < -0.4 is 0 Å². The molecule has 110 valence electrons. The number of cyclic esters (lactones) is 1. The van der Waals surface area contributed by atoms with Crippen molar-refractivity contribution >= 4 is 5.97 Å². The molecule has 0 spiro atoms. The minimum atomic E-state index is -0.177. The van der Waals surface area contributed by atoms with E-state index in [1.807, 2.05) is 13.8 Å². The van der Waals surface area contributed by atoms with Gasteiger partial charge in [0.15, 0.2) is 5.82 Å². The third-order valence-corrected chi connectivity index (χ3v) is 3.86. The van der Waals surface area contributed by atoms with Gasteiger partial charge in [0, 0.05) is 25.9 Å². The highest BCUT2D eigenvalue weighted by atomic mass is 16.6. The molecule has 0 radical (unpaired) electrons. The summed E-state index contributed by atoms with van der Waals surface area (Å²) in [6, 6.07) is -0.152. The van der Waals surface area contributed by atoms with Crippen molar-refractivity contribution in [2.75, 3.05) is 19.7 Å². The third kappa shape index (κ3) is 2.55. The van der Waals surface area contributed by atoms with E-state index < -0.39 is 0 Å². The number of morpholine rings is 1. The molecule has 0 amide bonds. The number of ether oxygens (including phenoxy) is 2. The largest absolute Gasteiger partial charge is 0.461 e. The van der Waals surface area contributed by atoms with Gasteiger partial charge >= 0.3 is 5.97 Å². The summed E-state index contributed by atoms with van der Waals surface area (Å²) in [5.74, 6) is 1.41. The molecule has 3 atom stereocenters. The number of carbonyl (C=O) groups excluding carboxylic acids is 1. The van der Waals surface area contributed by atoms with Gasteiger partial charge in [-0.1, -0.05) is 6.92 Å². The lowest BCUT2D eigenvalue weighted by atomic mass is 10.1. The molecule has 2 saturated heterocycles. The number of carbonyl (C=O) groups is 1. The van der Waals surface area contributed by atoms with Crippen molar-refractivity contribution in [3.63, 3.8) is 0 Å². The highest BCUT2D eigenvalue weighted by molar-refractivity contribution is 5.78. The van der Waals surface area contributed by atoms with Gasteiger partial charge in [0.1, 0.15) is 24.1 Å². The minimum Gasteiger partial charge on any atom is -0.461 e. The Bertz CT molecular complexity index is 490. The van der Waals surface area contributed by atoms with E-state index in [-0.39, 0.29) is 24.2 Å². The molecule has 20 heavy (non-hydrogen) atoms. The van der Waals surface area contributed by atoms with Gasteiger partial charge in [-0.2, -0.15) is 5.10 Å². The zero-order chi connectivity index (χ0) is 14.1. The summed E-state index contributed by atoms with van der Waals surface area (Å²) in [6.45, 7) is 5.91. The molecule has 1 aromatic heterocycles. The molecule has 1 N–H and O–H groups in total. The maximum Gasteiger partial charge on any atom is 0.323 e. The number of hydrogen-bond acceptors (Lipinski definition) is 6. The second kappa shape index (κ2) is 5.49. The Hall–Kier alpha value is -1.47. The molecule has 7 nitrogen and oxygen atoms in total. The van der Waals surface area contributed by atoms with Crippen LogP contribution in [0.15, 0.2) is 0 Å². The average Bonchev–Trinajstić information content (AvgIpc) is 3.05. The zero-order valence-corrected chi connectivity index (χ0v) is 11.8. The Morgan fingerprint density at radius 3 is 3.00 bits per heavy atom. The number of hydrogen-bond donors (Lipinski definition) is 1. The van der Waals surface area contributed by atoms with Crippen molar-refractivity contribution in [1.82, 2.24) is 20.1 Å². The predicted molar refractivity (Wildman–Crippen MR) is 70.0 cm³/mol. The SMILES string of the molecule is CCc1nc([C@@H]2CN([C@@H]3C[C@@H](C)OC3=O)CCO2)n[nH]1. The van der Waals surface area contributed by atoms with Gasteiger partial charge in [-0.15, -0.1) is 0 Å². The van der Waals surface area contributed by atoms with Gasteiger partial charge in [-0.3, -0.25) is 14.8 Å². The highest BCUT2D eigenvalue weighted by Crippen LogP contribution is 2.26. The molecule has 0 aromatic carbocycles. The Balaban J connectivity index is 1.68. The van der Waals surface area contributed by atoms with Crippen molar-refractivity contribution < 1.29 is 14.3 Å². The van der Waals surface area contributed by atoms with Crippen LogP contribution in [0.1, 0.15) is 38.0 Å². The van der Waals surface area contributed by atoms with E-state index in [4.69, 9.17) is 9.47 Å². The molecule has 2 fully saturated rings. The van der Waals surface area contributed by atoms with Gasteiger partial charge in [0.2, 0.25) is 0 Å². The fourth-order valence-electron chi connectivity index (χ4n) is 2.75. The standard InChI is InChI=1S/C13H20N4O3/c1-3-11-14-12(16-15-11)10-7-17(4-5-19-10)9-6-8(2)20-13(9)18/h8-10H,3-7H2,1-2H3,(H,14,15,16)/t8-,9-,10+/m1/s1. The average molecular weight is 280 g/mol. The summed E-state index contributed by atoms with van der Waals surface area (Å²) < 4.78 is 11.0. The number of nitrogens with zero attached hydrogens (tertiary/aromatic N) is 3. The van der Waals surface area contributed by atoms with Crippen molar-refractivity contribution in [2.24, 2.45) is 0 Å². The van der Waals surface area contributed by atoms with Crippen LogP contribution in [0.2, 0.25) is 0 Å². The molecule has 1 aromatic rings. The summed E-state index contributed by atoms with van der Waals surface area (Å²) >= 11 is 0. The lowest BCUT2D eigenvalue weighted by molar-refractivity contribution is -0.147. The van der Waals surface area contributed by atoms with E-state index in [1.165, 1.54) is 0 Å². The highest BCUT2D eigenvalue weighted by Gasteiger charge is 2.39. The van der Waals surface area contributed by atoms with Gasteiger partial charge in [0.05, 0.1) is 6.61 Å². The molecule has 3 rings (SSSR count). The number of nitrogens with one attached hydrogen (secondary N) is 1. The lowest BCUT2D eigenvalue weighted by Gasteiger charge is -2.33. The van der Waals surface area contributed by atoms with Gasteiger partial charge in [-0.05, 0) is 6.92 Å². The molecule has 0 aliphatic carbocycles. The molecule has 2 aliphatic heterocycles. The second-order valence-corrected chi connectivity index (χ2v) is 5.35. The van der Waals surface area contributed by atoms with Crippen molar-refractivity contribution in [3.8, 4) is 0 Å². The number of aromatic amines is 1. The normalized spacial score (nSPS) is 31.5. The van der Waals surface area contributed by atoms with Crippen LogP contribution in [-0.2, 0) is 20.7 Å². The summed E-state index contributed by atoms with van der Waals surface area (Å²) in [5, 5.41) is 7.10. The fourth-order valence-corrected chi connectivity index (χ4v) is 2.75. The first kappa shape index (κ1) is 13.5. The Kier molecular flexibility index (Phi) is 3.71. The molecule has 0 bridgehead atoms. The number of H-pyrrole nitrogens is 1. The molecular formula is C13H20N4O3. The van der Waals surface area contributed by atoms with Crippen LogP contribution in [0, 0.1) is 0 Å². The topological polar surface area (TPSA) is 80.3 Å². The summed E-state index contributed by atoms with van der Waals surface area (Å²) in [7, 11) is 0. The van der Waals surface area contributed by atoms with E-state index in [1.54, 1.807) is 0 Å². The van der Waals surface area contributed by atoms with Crippen LogP contribution in [0.4, 0.5) is 0 Å². The first-order valence-electron chi connectivity index (χ1n) is 7.14. The molecule has 0 saturated carbocycles. The summed E-state index contributed by atoms with van der Waals surface area (Å²) in [6.07, 6.45) is 1.39. The maximum atomic E-state index is 11.8. The molecule has 2 aliphatic rings. The number of aromatic nitrogens is 3. The first-order valence-corrected chi connectivity index (χ1v) is 7.14. The predicted octanol–water partition coefficient (Wildman–Crippen LogP) is 0.444. The van der Waals surface area contributed by atoms with E-state index in [0.717, 1.165) is 25.2 Å². The first-order chi connectivity index (χ1) is 9.67. The van der Waals surface area contributed by atoms with Crippen molar-refractivity contribution in [2.45, 2.75) is 44.9 Å². The lowest BCUT2D eigenvalue weighted by Crippen LogP contribution is -2.46. The zero-order valence-electron chi connectivity index (χ0n) is 11.8. The van der Waals surface area contributed by atoms with Crippen LogP contribution in [0.3, 0.4) is 0 Å². The minimum absolute atomic E-state index is 0.00370. The molecule has 0 unspecified atom stereocenters. The van der Waals surface area contributed by atoms with Crippen LogP contribution >= 0.6 is 0 Å². The van der Waals surface area contributed by atoms with Crippen molar-refractivity contribution in [1.29, 1.82) is 0 Å². The van der Waals surface area contributed by atoms with Crippen LogP contribution in [0.5, 0.6) is 0 Å². The maximum absolute atomic E-state index is 11.8. The van der Waals surface area contributed by atoms with E-state index in [0.29, 0.717) is 19.0 Å². The quantitative estimate of drug-likeness (QED) is 0.809. The monoisotopic (exact) mass is 280 g/mol. The van der Waals surface area contributed by atoms with Gasteiger partial charge in [-0.25, -0.2) is 4.98 Å². The Morgan fingerprint density at radius 2 is 2.35 bits per heavy atom. The Morgan fingerprint density at radius 1 is 1.50 bits per heavy atom. The molecular weight excluding hydrogens is 260 g/mol. The smallest absolute Gasteiger partial charge is 0.323 e. The Labute approximate surface area is 117 Å². The number of esters is 1. The van der Waals surface area contributed by atoms with Gasteiger partial charge < -0.3 is 9.47 Å². The summed E-state index contributed by atoms with van der Waals surface area (Å²) in [5.41, 5.74) is 0. The van der Waals surface area contributed by atoms with Crippen LogP contribution in [-0.4, -0.2) is 57.9 Å². The van der Waals surface area contributed by atoms with E-state index in [2.05, 4.69) is 20.1 Å². The van der Waals surface area contributed by atoms with Gasteiger partial charge in [0.25, 0.3) is 0 Å². The van der Waals surface area contributed by atoms with Crippen LogP contribution in [0.25, 0.3) is 0 Å². The second-order valence-electron chi connectivity index (χ2n) is 5.35. The summed E-state index contributed by atoms with van der Waals surface area (Å²) in [4.78, 5) is 18.4. The fraction of sp³-hybridized carbons (Fsp3) is 0.769. The molecule has 7 heteroatoms. The third-order valence-electron chi connectivity index (χ3n) is 3.86. The molecule has 3 heterocycles. The van der Waals surface area contributed by atoms with Crippen molar-refractivity contribution in [3.05, 3.63) is 11.6 Å². The number of rotatable bonds is 3.